The number of aromatic amines is 1. The highest BCUT2D eigenvalue weighted by atomic mass is 32.1. The van der Waals surface area contributed by atoms with Gasteiger partial charge in [0.15, 0.2) is 0 Å². The molecule has 1 N–H and O–H groups in total. The highest BCUT2D eigenvalue weighted by Gasteiger charge is 2.27. The molecule has 0 spiro atoms. The SMILES string of the molecule is COc1ccc2[nH]cc(C3CCN(C(=O)c4csc(-c5ccc(C)cc5C)n4)CC3)c2c1. The van der Waals surface area contributed by atoms with Crippen molar-refractivity contribution in [2.45, 2.75) is 32.6 Å². The molecule has 0 aliphatic carbocycles. The molecule has 2 aromatic heterocycles. The van der Waals surface area contributed by atoms with E-state index in [-0.39, 0.29) is 5.91 Å². The van der Waals surface area contributed by atoms with Crippen molar-refractivity contribution in [3.63, 3.8) is 0 Å². The van der Waals surface area contributed by atoms with Crippen LogP contribution in [0.3, 0.4) is 0 Å². The van der Waals surface area contributed by atoms with Gasteiger partial charge >= 0.3 is 0 Å². The highest BCUT2D eigenvalue weighted by molar-refractivity contribution is 7.13. The second kappa shape index (κ2) is 8.43. The molecule has 1 saturated heterocycles. The van der Waals surface area contributed by atoms with E-state index in [9.17, 15) is 4.79 Å². The molecule has 1 amide bonds. The predicted molar refractivity (Wildman–Crippen MR) is 130 cm³/mol. The first kappa shape index (κ1) is 20.8. The molecule has 32 heavy (non-hydrogen) atoms. The average molecular weight is 446 g/mol. The molecule has 1 aliphatic rings. The van der Waals surface area contributed by atoms with E-state index in [1.165, 1.54) is 22.1 Å². The van der Waals surface area contributed by atoms with Crippen LogP contribution in [-0.2, 0) is 0 Å². The number of nitrogens with one attached hydrogen (secondary N) is 1. The molecule has 3 heterocycles. The Morgan fingerprint density at radius 2 is 1.97 bits per heavy atom. The summed E-state index contributed by atoms with van der Waals surface area (Å²) in [5.74, 6) is 1.34. The second-order valence-electron chi connectivity index (χ2n) is 8.58. The van der Waals surface area contributed by atoms with Crippen molar-refractivity contribution in [1.29, 1.82) is 0 Å². The molecule has 2 aromatic carbocycles. The van der Waals surface area contributed by atoms with Gasteiger partial charge in [-0.15, -0.1) is 11.3 Å². The summed E-state index contributed by atoms with van der Waals surface area (Å²) in [7, 11) is 1.70. The summed E-state index contributed by atoms with van der Waals surface area (Å²) in [5, 5.41) is 4.02. The minimum absolute atomic E-state index is 0.0383. The number of H-pyrrole nitrogens is 1. The molecule has 5 rings (SSSR count). The number of fused-ring (bicyclic) bond motifs is 1. The van der Waals surface area contributed by atoms with Gasteiger partial charge in [-0.2, -0.15) is 0 Å². The lowest BCUT2D eigenvalue weighted by atomic mass is 9.89. The van der Waals surface area contributed by atoms with E-state index in [4.69, 9.17) is 4.74 Å². The van der Waals surface area contributed by atoms with Crippen LogP contribution in [0.25, 0.3) is 21.5 Å². The molecule has 5 nitrogen and oxygen atoms in total. The maximum Gasteiger partial charge on any atom is 0.273 e. The van der Waals surface area contributed by atoms with E-state index in [2.05, 4.69) is 60.3 Å². The number of nitrogens with zero attached hydrogens (tertiary/aromatic N) is 2. The van der Waals surface area contributed by atoms with Gasteiger partial charge in [-0.25, -0.2) is 4.98 Å². The molecule has 1 aliphatic heterocycles. The van der Waals surface area contributed by atoms with Crippen LogP contribution in [0, 0.1) is 13.8 Å². The summed E-state index contributed by atoms with van der Waals surface area (Å²) in [5.41, 5.74) is 6.52. The zero-order valence-electron chi connectivity index (χ0n) is 18.6. The van der Waals surface area contributed by atoms with Crippen LogP contribution in [-0.4, -0.2) is 41.0 Å². The smallest absolute Gasteiger partial charge is 0.273 e. The number of aromatic nitrogens is 2. The molecule has 4 aromatic rings. The van der Waals surface area contributed by atoms with Crippen molar-refractivity contribution in [1.82, 2.24) is 14.9 Å². The second-order valence-corrected chi connectivity index (χ2v) is 9.44. The molecule has 1 fully saturated rings. The monoisotopic (exact) mass is 445 g/mol. The number of methoxy groups -OCH3 is 1. The number of benzene rings is 2. The zero-order chi connectivity index (χ0) is 22.2. The first-order valence-corrected chi connectivity index (χ1v) is 11.9. The molecular weight excluding hydrogens is 418 g/mol. The molecular formula is C26H27N3O2S. The van der Waals surface area contributed by atoms with Crippen LogP contribution >= 0.6 is 11.3 Å². The van der Waals surface area contributed by atoms with E-state index >= 15 is 0 Å². The van der Waals surface area contributed by atoms with Crippen molar-refractivity contribution >= 4 is 28.1 Å². The lowest BCUT2D eigenvalue weighted by Crippen LogP contribution is -2.38. The number of thiazole rings is 1. The van der Waals surface area contributed by atoms with Gasteiger partial charge in [0.2, 0.25) is 0 Å². The number of hydrogen-bond donors (Lipinski definition) is 1. The minimum Gasteiger partial charge on any atom is -0.497 e. The molecule has 6 heteroatoms. The van der Waals surface area contributed by atoms with Crippen LogP contribution in [0.15, 0.2) is 48.0 Å². The van der Waals surface area contributed by atoms with Crippen molar-refractivity contribution < 1.29 is 9.53 Å². The highest BCUT2D eigenvalue weighted by Crippen LogP contribution is 2.35. The molecule has 164 valence electrons. The Morgan fingerprint density at radius 3 is 2.72 bits per heavy atom. The van der Waals surface area contributed by atoms with Gasteiger partial charge < -0.3 is 14.6 Å². The third-order valence-electron chi connectivity index (χ3n) is 6.48. The van der Waals surface area contributed by atoms with Gasteiger partial charge in [0.25, 0.3) is 5.91 Å². The molecule has 0 unspecified atom stereocenters. The number of rotatable bonds is 4. The van der Waals surface area contributed by atoms with Gasteiger partial charge in [-0.1, -0.05) is 23.8 Å². The number of carbonyl (C=O) groups excluding carboxylic acids is 1. The number of hydrogen-bond acceptors (Lipinski definition) is 4. The minimum atomic E-state index is 0.0383. The molecule has 0 bridgehead atoms. The van der Waals surface area contributed by atoms with E-state index < -0.39 is 0 Å². The fourth-order valence-electron chi connectivity index (χ4n) is 4.69. The van der Waals surface area contributed by atoms with Gasteiger partial charge in [-0.05, 0) is 61.9 Å². The Labute approximate surface area is 192 Å². The number of amides is 1. The maximum absolute atomic E-state index is 13.1. The van der Waals surface area contributed by atoms with Crippen molar-refractivity contribution in [3.05, 3.63) is 70.4 Å². The summed E-state index contributed by atoms with van der Waals surface area (Å²) in [6.45, 7) is 5.67. The van der Waals surface area contributed by atoms with Crippen molar-refractivity contribution in [2.24, 2.45) is 0 Å². The first-order valence-electron chi connectivity index (χ1n) is 11.0. The zero-order valence-corrected chi connectivity index (χ0v) is 19.5. The number of piperidine rings is 1. The topological polar surface area (TPSA) is 58.2 Å². The third kappa shape index (κ3) is 3.79. The van der Waals surface area contributed by atoms with Crippen LogP contribution < -0.4 is 4.74 Å². The van der Waals surface area contributed by atoms with E-state index in [0.29, 0.717) is 11.6 Å². The van der Waals surface area contributed by atoms with Crippen LogP contribution in [0.2, 0.25) is 0 Å². The van der Waals surface area contributed by atoms with Crippen LogP contribution in [0.5, 0.6) is 5.75 Å². The van der Waals surface area contributed by atoms with Gasteiger partial charge in [-0.3, -0.25) is 4.79 Å². The fraction of sp³-hybridized carbons (Fsp3) is 0.308. The lowest BCUT2D eigenvalue weighted by Gasteiger charge is -2.31. The van der Waals surface area contributed by atoms with Crippen LogP contribution in [0.4, 0.5) is 0 Å². The average Bonchev–Trinajstić information content (AvgIpc) is 3.46. The van der Waals surface area contributed by atoms with Gasteiger partial charge in [0.05, 0.1) is 7.11 Å². The van der Waals surface area contributed by atoms with Gasteiger partial charge in [0.1, 0.15) is 16.5 Å². The number of carbonyl (C=O) groups is 1. The summed E-state index contributed by atoms with van der Waals surface area (Å²) in [4.78, 5) is 23.1. The Bertz CT molecular complexity index is 1280. The Hall–Kier alpha value is -3.12. The van der Waals surface area contributed by atoms with Crippen LogP contribution in [0.1, 0.15) is 45.9 Å². The first-order chi connectivity index (χ1) is 15.5. The third-order valence-corrected chi connectivity index (χ3v) is 7.35. The Kier molecular flexibility index (Phi) is 5.47. The van der Waals surface area contributed by atoms with E-state index in [1.807, 2.05) is 16.3 Å². The number of ether oxygens (including phenoxy) is 1. The maximum atomic E-state index is 13.1. The Morgan fingerprint density at radius 1 is 1.16 bits per heavy atom. The Balaban J connectivity index is 1.29. The normalized spacial score (nSPS) is 14.8. The molecule has 0 saturated carbocycles. The molecule has 0 radical (unpaired) electrons. The lowest BCUT2D eigenvalue weighted by molar-refractivity contribution is 0.0708. The fourth-order valence-corrected chi connectivity index (χ4v) is 5.57. The van der Waals surface area contributed by atoms with Crippen molar-refractivity contribution in [3.8, 4) is 16.3 Å². The molecule has 0 atom stereocenters. The predicted octanol–water partition coefficient (Wildman–Crippen LogP) is 5.94. The van der Waals surface area contributed by atoms with E-state index in [0.717, 1.165) is 47.8 Å². The summed E-state index contributed by atoms with van der Waals surface area (Å²) >= 11 is 1.54. The van der Waals surface area contributed by atoms with Crippen molar-refractivity contribution in [2.75, 3.05) is 20.2 Å². The number of aryl methyl sites for hydroxylation is 2. The number of likely N-dealkylation sites (tertiary alicyclic amines) is 1. The summed E-state index contributed by atoms with van der Waals surface area (Å²) in [6.07, 6.45) is 4.01. The van der Waals surface area contributed by atoms with Gasteiger partial charge in [0, 0.05) is 41.1 Å². The largest absolute Gasteiger partial charge is 0.497 e. The quantitative estimate of drug-likeness (QED) is 0.423. The summed E-state index contributed by atoms with van der Waals surface area (Å²) in [6, 6.07) is 12.5. The summed E-state index contributed by atoms with van der Waals surface area (Å²) < 4.78 is 5.41. The standard InChI is InChI=1S/C26H27N3O2S/c1-16-4-6-20(17(2)12-16)25-28-24(15-32-25)26(30)29-10-8-18(9-11-29)22-14-27-23-7-5-19(31-3)13-21(22)23/h4-7,12-15,18,27H,8-11H2,1-3H3. The van der Waals surface area contributed by atoms with E-state index in [1.54, 1.807) is 18.4 Å².